The molecule has 2 amide bonds. The predicted molar refractivity (Wildman–Crippen MR) is 145 cm³/mol. The average Bonchev–Trinajstić information content (AvgIpc) is 2.95. The summed E-state index contributed by atoms with van der Waals surface area (Å²) >= 11 is 0. The fourth-order valence-electron chi connectivity index (χ4n) is 3.99. The second kappa shape index (κ2) is 12.1. The lowest BCUT2D eigenvalue weighted by Gasteiger charge is -2.25. The Hall–Kier alpha value is -4.60. The van der Waals surface area contributed by atoms with Gasteiger partial charge in [-0.25, -0.2) is 4.98 Å². The third-order valence-corrected chi connectivity index (χ3v) is 5.96. The van der Waals surface area contributed by atoms with Gasteiger partial charge in [0.05, 0.1) is 18.7 Å². The van der Waals surface area contributed by atoms with Crippen molar-refractivity contribution in [2.75, 3.05) is 43.5 Å². The third kappa shape index (κ3) is 6.58. The summed E-state index contributed by atoms with van der Waals surface area (Å²) < 4.78 is 11.5. The molecule has 1 aliphatic heterocycles. The van der Waals surface area contributed by atoms with Gasteiger partial charge >= 0.3 is 0 Å². The summed E-state index contributed by atoms with van der Waals surface area (Å²) in [5.41, 5.74) is 1.85. The Morgan fingerprint density at radius 3 is 2.58 bits per heavy atom. The lowest BCUT2D eigenvalue weighted by atomic mass is 10.1. The molecule has 192 valence electrons. The van der Waals surface area contributed by atoms with Crippen molar-refractivity contribution in [3.8, 4) is 11.5 Å². The van der Waals surface area contributed by atoms with Crippen LogP contribution in [0.25, 0.3) is 10.9 Å². The lowest BCUT2D eigenvalue weighted by molar-refractivity contribution is -0.111. The van der Waals surface area contributed by atoms with Crippen molar-refractivity contribution in [1.29, 1.82) is 0 Å². The Labute approximate surface area is 220 Å². The van der Waals surface area contributed by atoms with E-state index in [0.717, 1.165) is 37.2 Å². The van der Waals surface area contributed by atoms with Gasteiger partial charge in [-0.2, -0.15) is 0 Å². The number of carbonyl (C=O) groups excluding carboxylic acids is 2. The van der Waals surface area contributed by atoms with E-state index in [1.165, 1.54) is 0 Å². The van der Waals surface area contributed by atoms with Crippen LogP contribution >= 0.6 is 0 Å². The molecule has 2 N–H and O–H groups in total. The normalized spacial score (nSPS) is 13.9. The van der Waals surface area contributed by atoms with Crippen molar-refractivity contribution in [2.45, 2.75) is 0 Å². The van der Waals surface area contributed by atoms with Gasteiger partial charge in [-0.15, -0.1) is 0 Å². The molecular formula is C29H27N5O4. The Kier molecular flexibility index (Phi) is 7.98. The molecule has 5 rings (SSSR count). The van der Waals surface area contributed by atoms with E-state index in [2.05, 4.69) is 25.5 Å². The summed E-state index contributed by atoms with van der Waals surface area (Å²) in [7, 11) is 0. The Bertz CT molecular complexity index is 1430. The largest absolute Gasteiger partial charge is 0.457 e. The number of pyridine rings is 2. The number of nitrogens with one attached hydrogen (secondary N) is 2. The maximum absolute atomic E-state index is 12.5. The monoisotopic (exact) mass is 509 g/mol. The molecule has 0 radical (unpaired) electrons. The van der Waals surface area contributed by atoms with Crippen LogP contribution in [0.3, 0.4) is 0 Å². The summed E-state index contributed by atoms with van der Waals surface area (Å²) in [5, 5.41) is 6.41. The number of amides is 2. The van der Waals surface area contributed by atoms with Crippen molar-refractivity contribution < 1.29 is 19.1 Å². The van der Waals surface area contributed by atoms with Crippen LogP contribution in [-0.2, 0) is 9.53 Å². The standard InChI is InChI=1S/C29H27N5O4/c35-28(5-3-15-34-16-18-37-19-17-34)32-22-8-11-25-24(20-22)26(12-14-30-25)38-23-9-6-21(7-10-23)29(36)33-27-4-1-2-13-31-27/h1-14,20H,15-19H2,(H,32,35)(H,31,33,36)/b5-3-. The number of benzene rings is 2. The van der Waals surface area contributed by atoms with Crippen molar-refractivity contribution >= 4 is 34.2 Å². The molecule has 1 saturated heterocycles. The molecule has 0 aliphatic carbocycles. The molecule has 1 aliphatic rings. The maximum Gasteiger partial charge on any atom is 0.256 e. The second-order valence-corrected chi connectivity index (χ2v) is 8.64. The number of anilines is 2. The molecule has 0 bridgehead atoms. The molecule has 38 heavy (non-hydrogen) atoms. The number of morpholine rings is 1. The number of rotatable bonds is 8. The van der Waals surface area contributed by atoms with E-state index in [1.54, 1.807) is 67.0 Å². The van der Waals surface area contributed by atoms with Crippen LogP contribution in [0.15, 0.2) is 91.3 Å². The fourth-order valence-corrected chi connectivity index (χ4v) is 3.99. The number of ether oxygens (including phenoxy) is 2. The summed E-state index contributed by atoms with van der Waals surface area (Å²) in [6, 6.07) is 19.4. The molecule has 0 saturated carbocycles. The molecule has 1 fully saturated rings. The average molecular weight is 510 g/mol. The quantitative estimate of drug-likeness (QED) is 0.337. The minimum absolute atomic E-state index is 0.205. The van der Waals surface area contributed by atoms with E-state index in [9.17, 15) is 9.59 Å². The van der Waals surface area contributed by atoms with Crippen LogP contribution < -0.4 is 15.4 Å². The molecule has 2 aromatic heterocycles. The van der Waals surface area contributed by atoms with Crippen molar-refractivity contribution in [2.24, 2.45) is 0 Å². The zero-order valence-corrected chi connectivity index (χ0v) is 20.7. The number of carbonyl (C=O) groups is 2. The highest BCUT2D eigenvalue weighted by Gasteiger charge is 2.11. The first kappa shape index (κ1) is 25.1. The number of nitrogens with zero attached hydrogens (tertiary/aromatic N) is 3. The van der Waals surface area contributed by atoms with E-state index >= 15 is 0 Å². The minimum atomic E-state index is -0.260. The zero-order chi connectivity index (χ0) is 26.2. The number of aromatic nitrogens is 2. The predicted octanol–water partition coefficient (Wildman–Crippen LogP) is 4.50. The van der Waals surface area contributed by atoms with Gasteiger partial charge in [-0.1, -0.05) is 12.1 Å². The molecule has 0 unspecified atom stereocenters. The molecule has 0 atom stereocenters. The summed E-state index contributed by atoms with van der Waals surface area (Å²) in [5.74, 6) is 1.16. The lowest BCUT2D eigenvalue weighted by Crippen LogP contribution is -2.36. The van der Waals surface area contributed by atoms with Gasteiger partial charge in [-0.3, -0.25) is 19.5 Å². The van der Waals surface area contributed by atoms with E-state index < -0.39 is 0 Å². The maximum atomic E-state index is 12.5. The highest BCUT2D eigenvalue weighted by Crippen LogP contribution is 2.31. The number of fused-ring (bicyclic) bond motifs is 1. The Morgan fingerprint density at radius 2 is 1.79 bits per heavy atom. The number of hydrogen-bond donors (Lipinski definition) is 2. The highest BCUT2D eigenvalue weighted by molar-refractivity contribution is 6.04. The zero-order valence-electron chi connectivity index (χ0n) is 20.7. The molecular weight excluding hydrogens is 482 g/mol. The summed E-state index contributed by atoms with van der Waals surface area (Å²) in [4.78, 5) is 35.7. The first-order valence-corrected chi connectivity index (χ1v) is 12.3. The van der Waals surface area contributed by atoms with Gasteiger partial charge in [0.1, 0.15) is 17.3 Å². The third-order valence-electron chi connectivity index (χ3n) is 5.96. The Morgan fingerprint density at radius 1 is 0.947 bits per heavy atom. The van der Waals surface area contributed by atoms with Gasteiger partial charge in [0.25, 0.3) is 5.91 Å². The van der Waals surface area contributed by atoms with E-state index in [4.69, 9.17) is 9.47 Å². The molecule has 9 nitrogen and oxygen atoms in total. The van der Waals surface area contributed by atoms with Crippen LogP contribution in [-0.4, -0.2) is 59.5 Å². The van der Waals surface area contributed by atoms with Crippen LogP contribution in [0, 0.1) is 0 Å². The number of hydrogen-bond acceptors (Lipinski definition) is 7. The molecule has 0 spiro atoms. The van der Waals surface area contributed by atoms with Crippen LogP contribution in [0.2, 0.25) is 0 Å². The Balaban J connectivity index is 1.24. The molecule has 2 aromatic carbocycles. The topological polar surface area (TPSA) is 106 Å². The smallest absolute Gasteiger partial charge is 0.256 e. The second-order valence-electron chi connectivity index (χ2n) is 8.64. The van der Waals surface area contributed by atoms with E-state index in [0.29, 0.717) is 35.1 Å². The first-order valence-electron chi connectivity index (χ1n) is 12.3. The summed E-state index contributed by atoms with van der Waals surface area (Å²) in [6.45, 7) is 3.89. The minimum Gasteiger partial charge on any atom is -0.457 e. The first-order chi connectivity index (χ1) is 18.6. The van der Waals surface area contributed by atoms with Crippen molar-refractivity contribution in [1.82, 2.24) is 14.9 Å². The molecule has 4 aromatic rings. The van der Waals surface area contributed by atoms with E-state index in [1.807, 2.05) is 24.3 Å². The van der Waals surface area contributed by atoms with Crippen LogP contribution in [0.5, 0.6) is 11.5 Å². The van der Waals surface area contributed by atoms with Crippen molar-refractivity contribution in [3.05, 3.63) is 96.8 Å². The molecule has 3 heterocycles. The van der Waals surface area contributed by atoms with Gasteiger partial charge in [0.15, 0.2) is 0 Å². The van der Waals surface area contributed by atoms with Gasteiger partial charge in [-0.05, 0) is 60.7 Å². The highest BCUT2D eigenvalue weighted by atomic mass is 16.5. The SMILES string of the molecule is O=C(/C=C\CN1CCOCC1)Nc1ccc2nccc(Oc3ccc(C(=O)Nc4ccccn4)cc3)c2c1. The fraction of sp³-hybridized carbons (Fsp3) is 0.172. The molecule has 9 heteroatoms. The van der Waals surface area contributed by atoms with Gasteiger partial charge < -0.3 is 20.1 Å². The van der Waals surface area contributed by atoms with Crippen LogP contribution in [0.4, 0.5) is 11.5 Å². The van der Waals surface area contributed by atoms with Crippen molar-refractivity contribution in [3.63, 3.8) is 0 Å². The van der Waals surface area contributed by atoms with Crippen LogP contribution in [0.1, 0.15) is 10.4 Å². The van der Waals surface area contributed by atoms with E-state index in [-0.39, 0.29) is 11.8 Å². The summed E-state index contributed by atoms with van der Waals surface area (Å²) in [6.07, 6.45) is 6.69. The van der Waals surface area contributed by atoms with Gasteiger partial charge in [0.2, 0.25) is 5.91 Å². The van der Waals surface area contributed by atoms with Gasteiger partial charge in [0, 0.05) is 54.7 Å².